The molecule has 3 unspecified atom stereocenters. The van der Waals surface area contributed by atoms with Crippen molar-refractivity contribution in [3.05, 3.63) is 0 Å². The number of rotatable bonds is 5. The van der Waals surface area contributed by atoms with E-state index in [1.165, 1.54) is 0 Å². The highest BCUT2D eigenvalue weighted by Gasteiger charge is 2.23. The SMILES string of the molecule is CC(C)NCC(O)CN1CC(C)SC(C)C1. The fourth-order valence-corrected chi connectivity index (χ4v) is 3.55. The number of aliphatic hydroxyl groups excluding tert-OH is 1. The molecule has 0 radical (unpaired) electrons. The second-order valence-corrected chi connectivity index (χ2v) is 7.07. The van der Waals surface area contributed by atoms with Crippen molar-refractivity contribution >= 4 is 11.8 Å². The Bertz CT molecular complexity index is 191. The maximum Gasteiger partial charge on any atom is 0.0791 e. The lowest BCUT2D eigenvalue weighted by atomic mass is 10.2. The van der Waals surface area contributed by atoms with Crippen LogP contribution in [0.5, 0.6) is 0 Å². The van der Waals surface area contributed by atoms with Crippen LogP contribution in [-0.2, 0) is 0 Å². The lowest BCUT2D eigenvalue weighted by Gasteiger charge is -2.35. The average molecular weight is 246 g/mol. The first-order valence-electron chi connectivity index (χ1n) is 6.26. The van der Waals surface area contributed by atoms with E-state index in [2.05, 4.69) is 49.7 Å². The van der Waals surface area contributed by atoms with E-state index in [-0.39, 0.29) is 6.10 Å². The van der Waals surface area contributed by atoms with Gasteiger partial charge in [-0.2, -0.15) is 11.8 Å². The van der Waals surface area contributed by atoms with Gasteiger partial charge in [0.2, 0.25) is 0 Å². The Morgan fingerprint density at radius 2 is 1.88 bits per heavy atom. The summed E-state index contributed by atoms with van der Waals surface area (Å²) in [4.78, 5) is 2.39. The maximum absolute atomic E-state index is 9.91. The Morgan fingerprint density at radius 3 is 2.38 bits per heavy atom. The summed E-state index contributed by atoms with van der Waals surface area (Å²) in [5, 5.41) is 14.6. The average Bonchev–Trinajstić information content (AvgIpc) is 2.12. The molecule has 0 aromatic rings. The zero-order valence-corrected chi connectivity index (χ0v) is 11.8. The largest absolute Gasteiger partial charge is 0.390 e. The molecule has 0 amide bonds. The van der Waals surface area contributed by atoms with Crippen molar-refractivity contribution in [2.45, 2.75) is 50.3 Å². The summed E-state index contributed by atoms with van der Waals surface area (Å²) in [5.74, 6) is 0. The Balaban J connectivity index is 2.24. The van der Waals surface area contributed by atoms with Crippen LogP contribution in [0.4, 0.5) is 0 Å². The van der Waals surface area contributed by atoms with E-state index in [1.807, 2.05) is 0 Å². The van der Waals surface area contributed by atoms with Crippen LogP contribution in [0.15, 0.2) is 0 Å². The van der Waals surface area contributed by atoms with Gasteiger partial charge in [-0.3, -0.25) is 4.90 Å². The second-order valence-electron chi connectivity index (χ2n) is 5.19. The summed E-state index contributed by atoms with van der Waals surface area (Å²) in [5.41, 5.74) is 0. The van der Waals surface area contributed by atoms with Gasteiger partial charge in [0, 0.05) is 42.7 Å². The predicted molar refractivity (Wildman–Crippen MR) is 72.1 cm³/mol. The third kappa shape index (κ3) is 5.53. The summed E-state index contributed by atoms with van der Waals surface area (Å²) in [7, 11) is 0. The molecule has 0 aromatic heterocycles. The fourth-order valence-electron chi connectivity index (χ4n) is 2.17. The topological polar surface area (TPSA) is 35.5 Å². The van der Waals surface area contributed by atoms with Crippen LogP contribution in [0.25, 0.3) is 0 Å². The van der Waals surface area contributed by atoms with Crippen LogP contribution < -0.4 is 5.32 Å². The quantitative estimate of drug-likeness (QED) is 0.763. The first-order valence-corrected chi connectivity index (χ1v) is 7.21. The number of hydrogen-bond acceptors (Lipinski definition) is 4. The van der Waals surface area contributed by atoms with Crippen molar-refractivity contribution in [2.75, 3.05) is 26.2 Å². The molecule has 2 N–H and O–H groups in total. The van der Waals surface area contributed by atoms with Crippen LogP contribution >= 0.6 is 11.8 Å². The van der Waals surface area contributed by atoms with Gasteiger partial charge < -0.3 is 10.4 Å². The standard InChI is InChI=1S/C12H26N2OS/c1-9(2)13-5-12(15)8-14-6-10(3)16-11(4)7-14/h9-13,15H,5-8H2,1-4H3. The Hall–Kier alpha value is 0.230. The van der Waals surface area contributed by atoms with Crippen molar-refractivity contribution in [1.82, 2.24) is 10.2 Å². The molecule has 0 aromatic carbocycles. The highest BCUT2D eigenvalue weighted by atomic mass is 32.2. The molecule has 96 valence electrons. The lowest BCUT2D eigenvalue weighted by Crippen LogP contribution is -2.46. The molecule has 1 fully saturated rings. The number of aliphatic hydroxyl groups is 1. The van der Waals surface area contributed by atoms with E-state index in [4.69, 9.17) is 0 Å². The van der Waals surface area contributed by atoms with Crippen LogP contribution in [0.1, 0.15) is 27.7 Å². The smallest absolute Gasteiger partial charge is 0.0791 e. The highest BCUT2D eigenvalue weighted by molar-refractivity contribution is 8.00. The van der Waals surface area contributed by atoms with E-state index in [1.54, 1.807) is 0 Å². The van der Waals surface area contributed by atoms with E-state index >= 15 is 0 Å². The van der Waals surface area contributed by atoms with Gasteiger partial charge in [0.1, 0.15) is 0 Å². The van der Waals surface area contributed by atoms with Crippen molar-refractivity contribution in [2.24, 2.45) is 0 Å². The summed E-state index contributed by atoms with van der Waals surface area (Å²) < 4.78 is 0. The molecule has 3 atom stereocenters. The van der Waals surface area contributed by atoms with Crippen LogP contribution in [0.2, 0.25) is 0 Å². The third-order valence-electron chi connectivity index (χ3n) is 2.73. The van der Waals surface area contributed by atoms with Gasteiger partial charge in [-0.1, -0.05) is 27.7 Å². The van der Waals surface area contributed by atoms with Crippen LogP contribution in [0, 0.1) is 0 Å². The van der Waals surface area contributed by atoms with Gasteiger partial charge in [-0.25, -0.2) is 0 Å². The number of β-amino-alcohol motifs (C(OH)–C–C–N with tert-alkyl or cyclic N) is 1. The molecule has 4 heteroatoms. The van der Waals surface area contributed by atoms with Gasteiger partial charge in [0.15, 0.2) is 0 Å². The van der Waals surface area contributed by atoms with Gasteiger partial charge >= 0.3 is 0 Å². The molecular formula is C12H26N2OS. The molecule has 0 bridgehead atoms. The molecule has 0 aliphatic carbocycles. The molecule has 0 saturated carbocycles. The minimum absolute atomic E-state index is 0.245. The van der Waals surface area contributed by atoms with Crippen molar-refractivity contribution in [1.29, 1.82) is 0 Å². The summed E-state index contributed by atoms with van der Waals surface area (Å²) in [6, 6.07) is 0.449. The van der Waals surface area contributed by atoms with Crippen molar-refractivity contribution in [3.8, 4) is 0 Å². The minimum atomic E-state index is -0.245. The number of nitrogens with one attached hydrogen (secondary N) is 1. The highest BCUT2D eigenvalue weighted by Crippen LogP contribution is 2.24. The van der Waals surface area contributed by atoms with Crippen LogP contribution in [0.3, 0.4) is 0 Å². The van der Waals surface area contributed by atoms with Crippen LogP contribution in [-0.4, -0.2) is 58.8 Å². The predicted octanol–water partition coefficient (Wildman–Crippen LogP) is 1.17. The monoisotopic (exact) mass is 246 g/mol. The molecule has 1 aliphatic heterocycles. The molecule has 1 aliphatic rings. The summed E-state index contributed by atoms with van der Waals surface area (Å²) in [6.07, 6.45) is -0.245. The van der Waals surface area contributed by atoms with E-state index in [0.29, 0.717) is 23.1 Å². The Morgan fingerprint density at radius 1 is 1.31 bits per heavy atom. The summed E-state index contributed by atoms with van der Waals surface area (Å²) in [6.45, 7) is 12.5. The van der Waals surface area contributed by atoms with Gasteiger partial charge in [-0.05, 0) is 0 Å². The maximum atomic E-state index is 9.91. The third-order valence-corrected chi connectivity index (χ3v) is 3.95. The fraction of sp³-hybridized carbons (Fsp3) is 1.00. The van der Waals surface area contributed by atoms with Crippen molar-refractivity contribution in [3.63, 3.8) is 0 Å². The van der Waals surface area contributed by atoms with E-state index in [9.17, 15) is 5.11 Å². The number of thioether (sulfide) groups is 1. The van der Waals surface area contributed by atoms with Gasteiger partial charge in [0.05, 0.1) is 6.10 Å². The Labute approximate surface area is 104 Å². The van der Waals surface area contributed by atoms with E-state index < -0.39 is 0 Å². The second kappa shape index (κ2) is 6.84. The first-order chi connectivity index (χ1) is 7.47. The molecule has 1 rings (SSSR count). The molecule has 3 nitrogen and oxygen atoms in total. The Kier molecular flexibility index (Phi) is 6.11. The lowest BCUT2D eigenvalue weighted by molar-refractivity contribution is 0.108. The molecule has 1 saturated heterocycles. The molecule has 1 heterocycles. The first kappa shape index (κ1) is 14.3. The van der Waals surface area contributed by atoms with E-state index in [0.717, 1.165) is 19.6 Å². The number of nitrogens with zero attached hydrogens (tertiary/aromatic N) is 1. The number of hydrogen-bond donors (Lipinski definition) is 2. The zero-order valence-electron chi connectivity index (χ0n) is 10.9. The zero-order chi connectivity index (χ0) is 12.1. The van der Waals surface area contributed by atoms with Crippen molar-refractivity contribution < 1.29 is 5.11 Å². The minimum Gasteiger partial charge on any atom is -0.390 e. The molecule has 16 heavy (non-hydrogen) atoms. The normalized spacial score (nSPS) is 29.6. The summed E-state index contributed by atoms with van der Waals surface area (Å²) >= 11 is 2.05. The van der Waals surface area contributed by atoms with Gasteiger partial charge in [-0.15, -0.1) is 0 Å². The van der Waals surface area contributed by atoms with Gasteiger partial charge in [0.25, 0.3) is 0 Å². The molecular weight excluding hydrogens is 220 g/mol. The molecule has 0 spiro atoms.